The predicted molar refractivity (Wildman–Crippen MR) is 57.6 cm³/mol. The molecule has 0 bridgehead atoms. The molecule has 72 valence electrons. The van der Waals surface area contributed by atoms with Crippen molar-refractivity contribution in [2.24, 2.45) is 0 Å². The van der Waals surface area contributed by atoms with Gasteiger partial charge < -0.3 is 5.41 Å². The largest absolute Gasteiger partial charge is 0.305 e. The molecule has 1 rings (SSSR count). The third kappa shape index (κ3) is 2.98. The number of hydrogen-bond donors (Lipinski definition) is 1. The van der Waals surface area contributed by atoms with Gasteiger partial charge in [0.1, 0.15) is 0 Å². The minimum atomic E-state index is 0.591. The van der Waals surface area contributed by atoms with Crippen molar-refractivity contribution in [3.05, 3.63) is 29.1 Å². The normalized spacial score (nSPS) is 8.69. The number of aryl methyl sites for hydroxylation is 2. The summed E-state index contributed by atoms with van der Waals surface area (Å²) in [4.78, 5) is 4.12. The maximum absolute atomic E-state index is 7.48. The first kappa shape index (κ1) is 11.8. The van der Waals surface area contributed by atoms with Gasteiger partial charge in [0.2, 0.25) is 0 Å². The van der Waals surface area contributed by atoms with Gasteiger partial charge in [-0.1, -0.05) is 13.8 Å². The monoisotopic (exact) mass is 178 g/mol. The van der Waals surface area contributed by atoms with Crippen molar-refractivity contribution in [2.75, 3.05) is 0 Å². The van der Waals surface area contributed by atoms with Crippen LogP contribution in [0.5, 0.6) is 0 Å². The van der Waals surface area contributed by atoms with Crippen LogP contribution in [-0.2, 0) is 0 Å². The van der Waals surface area contributed by atoms with E-state index >= 15 is 0 Å². The van der Waals surface area contributed by atoms with E-state index in [1.54, 1.807) is 13.1 Å². The van der Waals surface area contributed by atoms with E-state index in [0.717, 1.165) is 16.8 Å². The van der Waals surface area contributed by atoms with E-state index in [-0.39, 0.29) is 0 Å². The van der Waals surface area contributed by atoms with Crippen LogP contribution in [0.4, 0.5) is 0 Å². The van der Waals surface area contributed by atoms with Crippen LogP contribution in [0.25, 0.3) is 0 Å². The van der Waals surface area contributed by atoms with Gasteiger partial charge in [0.25, 0.3) is 0 Å². The van der Waals surface area contributed by atoms with Crippen molar-refractivity contribution in [1.29, 1.82) is 5.41 Å². The van der Waals surface area contributed by atoms with Crippen LogP contribution in [0.2, 0.25) is 0 Å². The Bertz CT molecular complexity index is 270. The second-order valence-electron chi connectivity index (χ2n) is 2.71. The standard InChI is InChI=1S/C9H12N2.C2H6/c1-6-4-5-11-8(3)9(6)7(2)10;1-2/h4-5,10H,1-3H3;1-2H3. The lowest BCUT2D eigenvalue weighted by Crippen LogP contribution is -2.01. The first-order valence-electron chi connectivity index (χ1n) is 4.60. The van der Waals surface area contributed by atoms with E-state index in [2.05, 4.69) is 4.98 Å². The predicted octanol–water partition coefficient (Wildman–Crippen LogP) is 3.11. The third-order valence-corrected chi connectivity index (χ3v) is 1.72. The molecule has 13 heavy (non-hydrogen) atoms. The fourth-order valence-electron chi connectivity index (χ4n) is 1.26. The van der Waals surface area contributed by atoms with E-state index in [0.29, 0.717) is 5.71 Å². The molecule has 1 aromatic heterocycles. The molecule has 1 heterocycles. The lowest BCUT2D eigenvalue weighted by molar-refractivity contribution is 1.15. The van der Waals surface area contributed by atoms with E-state index < -0.39 is 0 Å². The Kier molecular flexibility index (Phi) is 4.97. The van der Waals surface area contributed by atoms with E-state index in [4.69, 9.17) is 5.41 Å². The summed E-state index contributed by atoms with van der Waals surface area (Å²) in [5.74, 6) is 0. The summed E-state index contributed by atoms with van der Waals surface area (Å²) in [5, 5.41) is 7.48. The highest BCUT2D eigenvalue weighted by Crippen LogP contribution is 2.10. The molecule has 0 fully saturated rings. The van der Waals surface area contributed by atoms with Crippen molar-refractivity contribution < 1.29 is 0 Å². The van der Waals surface area contributed by atoms with Gasteiger partial charge in [-0.25, -0.2) is 0 Å². The molecule has 0 atom stereocenters. The van der Waals surface area contributed by atoms with Crippen LogP contribution in [0, 0.1) is 19.3 Å². The van der Waals surface area contributed by atoms with Crippen LogP contribution in [0.1, 0.15) is 37.6 Å². The summed E-state index contributed by atoms with van der Waals surface area (Å²) in [6.45, 7) is 9.72. The fourth-order valence-corrected chi connectivity index (χ4v) is 1.26. The Morgan fingerprint density at radius 2 is 1.85 bits per heavy atom. The summed E-state index contributed by atoms with van der Waals surface area (Å²) in [7, 11) is 0. The molecule has 0 aromatic carbocycles. The summed E-state index contributed by atoms with van der Waals surface area (Å²) < 4.78 is 0. The highest BCUT2D eigenvalue weighted by atomic mass is 14.7. The Morgan fingerprint density at radius 3 is 2.15 bits per heavy atom. The van der Waals surface area contributed by atoms with Crippen LogP contribution >= 0.6 is 0 Å². The Balaban J connectivity index is 0.000000671. The Hall–Kier alpha value is -1.18. The fraction of sp³-hybridized carbons (Fsp3) is 0.455. The average molecular weight is 178 g/mol. The molecular formula is C11H18N2. The molecule has 2 heteroatoms. The first-order chi connectivity index (χ1) is 6.13. The molecule has 1 aromatic rings. The molecular weight excluding hydrogens is 160 g/mol. The van der Waals surface area contributed by atoms with Gasteiger partial charge in [-0.3, -0.25) is 4.98 Å². The van der Waals surface area contributed by atoms with Gasteiger partial charge in [0, 0.05) is 23.2 Å². The first-order valence-corrected chi connectivity index (χ1v) is 4.60. The zero-order valence-corrected chi connectivity index (χ0v) is 9.10. The van der Waals surface area contributed by atoms with Crippen LogP contribution in [0.15, 0.2) is 12.3 Å². The zero-order chi connectivity index (χ0) is 10.4. The van der Waals surface area contributed by atoms with Crippen LogP contribution in [0.3, 0.4) is 0 Å². The zero-order valence-electron chi connectivity index (χ0n) is 9.10. The summed E-state index contributed by atoms with van der Waals surface area (Å²) in [6, 6.07) is 1.93. The molecule has 0 saturated carbocycles. The molecule has 0 unspecified atom stereocenters. The summed E-state index contributed by atoms with van der Waals surface area (Å²) in [5.41, 5.74) is 3.64. The number of nitrogens with one attached hydrogen (secondary N) is 1. The number of nitrogens with zero attached hydrogens (tertiary/aromatic N) is 1. The van der Waals surface area contributed by atoms with E-state index in [1.807, 2.05) is 33.8 Å². The van der Waals surface area contributed by atoms with E-state index in [9.17, 15) is 0 Å². The number of aromatic nitrogens is 1. The highest BCUT2D eigenvalue weighted by molar-refractivity contribution is 5.98. The lowest BCUT2D eigenvalue weighted by atomic mass is 10.0. The van der Waals surface area contributed by atoms with Crippen LogP contribution in [-0.4, -0.2) is 10.7 Å². The molecule has 0 saturated heterocycles. The van der Waals surface area contributed by atoms with Gasteiger partial charge >= 0.3 is 0 Å². The second kappa shape index (κ2) is 5.46. The maximum Gasteiger partial charge on any atom is 0.0465 e. The number of rotatable bonds is 1. The highest BCUT2D eigenvalue weighted by Gasteiger charge is 2.03. The van der Waals surface area contributed by atoms with Crippen molar-refractivity contribution in [3.8, 4) is 0 Å². The molecule has 0 radical (unpaired) electrons. The van der Waals surface area contributed by atoms with Crippen molar-refractivity contribution in [2.45, 2.75) is 34.6 Å². The Morgan fingerprint density at radius 1 is 1.31 bits per heavy atom. The van der Waals surface area contributed by atoms with Gasteiger partial charge in [-0.15, -0.1) is 0 Å². The van der Waals surface area contributed by atoms with Gasteiger partial charge in [0.15, 0.2) is 0 Å². The summed E-state index contributed by atoms with van der Waals surface area (Å²) >= 11 is 0. The minimum absolute atomic E-state index is 0.591. The minimum Gasteiger partial charge on any atom is -0.305 e. The maximum atomic E-state index is 7.48. The summed E-state index contributed by atoms with van der Waals surface area (Å²) in [6.07, 6.45) is 1.77. The molecule has 0 aliphatic carbocycles. The van der Waals surface area contributed by atoms with E-state index in [1.165, 1.54) is 0 Å². The van der Waals surface area contributed by atoms with Crippen molar-refractivity contribution >= 4 is 5.71 Å². The van der Waals surface area contributed by atoms with Gasteiger partial charge in [-0.2, -0.15) is 0 Å². The molecule has 0 amide bonds. The Labute approximate surface area is 80.5 Å². The topological polar surface area (TPSA) is 36.7 Å². The smallest absolute Gasteiger partial charge is 0.0465 e. The van der Waals surface area contributed by atoms with Gasteiger partial charge in [0.05, 0.1) is 0 Å². The average Bonchev–Trinajstić information content (AvgIpc) is 2.07. The molecule has 0 aliphatic rings. The SMILES string of the molecule is CC.CC(=N)c1c(C)ccnc1C. The molecule has 1 N–H and O–H groups in total. The molecule has 0 spiro atoms. The van der Waals surface area contributed by atoms with Crippen molar-refractivity contribution in [3.63, 3.8) is 0 Å². The second-order valence-corrected chi connectivity index (χ2v) is 2.71. The number of pyridine rings is 1. The van der Waals surface area contributed by atoms with Crippen molar-refractivity contribution in [1.82, 2.24) is 4.98 Å². The quantitative estimate of drug-likeness (QED) is 0.659. The lowest BCUT2D eigenvalue weighted by Gasteiger charge is -2.05. The number of hydrogen-bond acceptors (Lipinski definition) is 2. The third-order valence-electron chi connectivity index (χ3n) is 1.72. The van der Waals surface area contributed by atoms with Gasteiger partial charge in [-0.05, 0) is 32.4 Å². The molecule has 2 nitrogen and oxygen atoms in total. The molecule has 0 aliphatic heterocycles. The van der Waals surface area contributed by atoms with Crippen LogP contribution < -0.4 is 0 Å².